The van der Waals surface area contributed by atoms with Gasteiger partial charge in [-0.1, -0.05) is 0 Å². The molecule has 2 aliphatic heterocycles. The molecule has 2 saturated heterocycles. The topological polar surface area (TPSA) is 110 Å². The molecule has 3 N–H and O–H groups in total. The maximum Gasteiger partial charge on any atom is 0.213 e. The first kappa shape index (κ1) is 27.8. The number of ether oxygens (including phenoxy) is 3. The van der Waals surface area contributed by atoms with Crippen LogP contribution in [0.5, 0.6) is 0 Å². The van der Waals surface area contributed by atoms with E-state index in [0.29, 0.717) is 44.7 Å². The van der Waals surface area contributed by atoms with E-state index in [0.717, 1.165) is 58.5 Å². The van der Waals surface area contributed by atoms with Crippen molar-refractivity contribution in [1.29, 1.82) is 0 Å². The minimum Gasteiger partial charge on any atom is -0.381 e. The van der Waals surface area contributed by atoms with Gasteiger partial charge < -0.3 is 24.8 Å². The highest BCUT2D eigenvalue weighted by atomic mass is 127. The maximum atomic E-state index is 12.2. The number of hydrogen-bond donors (Lipinski definition) is 3. The fourth-order valence-electron chi connectivity index (χ4n) is 3.23. The molecule has 11 heteroatoms. The summed E-state index contributed by atoms with van der Waals surface area (Å²) in [5, 5.41) is 6.22. The smallest absolute Gasteiger partial charge is 0.213 e. The Balaban J connectivity index is 0.00000450. The molecule has 9 nitrogen and oxygen atoms in total. The van der Waals surface area contributed by atoms with Gasteiger partial charge in [0, 0.05) is 51.9 Å². The van der Waals surface area contributed by atoms with Crippen LogP contribution in [0.2, 0.25) is 0 Å². The molecular weight excluding hydrogens is 523 g/mol. The molecule has 2 atom stereocenters. The minimum atomic E-state index is -3.34. The van der Waals surface area contributed by atoms with Gasteiger partial charge in [0.25, 0.3) is 0 Å². The van der Waals surface area contributed by atoms with Crippen molar-refractivity contribution in [2.45, 2.75) is 45.1 Å². The van der Waals surface area contributed by atoms with Crippen LogP contribution in [0.4, 0.5) is 0 Å². The van der Waals surface area contributed by atoms with Crippen molar-refractivity contribution in [2.75, 3.05) is 65.0 Å². The predicted molar refractivity (Wildman–Crippen MR) is 129 cm³/mol. The summed E-state index contributed by atoms with van der Waals surface area (Å²) >= 11 is 0. The monoisotopic (exact) mass is 562 g/mol. The Bertz CT molecular complexity index is 567. The molecule has 178 valence electrons. The molecule has 0 saturated carbocycles. The lowest BCUT2D eigenvalue weighted by atomic mass is 10.1. The summed E-state index contributed by atoms with van der Waals surface area (Å²) in [4.78, 5) is 4.48. The van der Waals surface area contributed by atoms with Crippen LogP contribution >= 0.6 is 24.0 Å². The Morgan fingerprint density at radius 3 is 2.77 bits per heavy atom. The van der Waals surface area contributed by atoms with E-state index in [2.05, 4.69) is 20.3 Å². The average molecular weight is 563 g/mol. The van der Waals surface area contributed by atoms with Gasteiger partial charge in [0.2, 0.25) is 10.0 Å². The molecule has 0 aromatic heterocycles. The van der Waals surface area contributed by atoms with Crippen LogP contribution < -0.4 is 15.4 Å². The summed E-state index contributed by atoms with van der Waals surface area (Å²) in [6.07, 6.45) is 4.96. The summed E-state index contributed by atoms with van der Waals surface area (Å²) in [5.74, 6) is 1.15. The lowest BCUT2D eigenvalue weighted by Crippen LogP contribution is -2.42. The van der Waals surface area contributed by atoms with E-state index in [9.17, 15) is 8.42 Å². The van der Waals surface area contributed by atoms with Crippen LogP contribution in [-0.2, 0) is 24.2 Å². The summed E-state index contributed by atoms with van der Waals surface area (Å²) < 4.78 is 43.5. The summed E-state index contributed by atoms with van der Waals surface area (Å²) in [5.41, 5.74) is 0. The molecule has 0 radical (unpaired) electrons. The molecule has 0 bridgehead atoms. The zero-order chi connectivity index (χ0) is 20.8. The number of rotatable bonds is 13. The third-order valence-electron chi connectivity index (χ3n) is 4.91. The van der Waals surface area contributed by atoms with Gasteiger partial charge in [-0.15, -0.1) is 24.0 Å². The van der Waals surface area contributed by atoms with Crippen molar-refractivity contribution in [3.05, 3.63) is 0 Å². The second kappa shape index (κ2) is 16.4. The second-order valence-electron chi connectivity index (χ2n) is 7.50. The SMILES string of the molecule is CCNC(=NCCCOCC1CCOC1)NCCS(=O)(=O)NCC1CCCCO1.I. The molecule has 0 aromatic rings. The van der Waals surface area contributed by atoms with Gasteiger partial charge in [0.1, 0.15) is 0 Å². The van der Waals surface area contributed by atoms with Crippen molar-refractivity contribution in [3.8, 4) is 0 Å². The number of sulfonamides is 1. The van der Waals surface area contributed by atoms with Gasteiger partial charge in [-0.25, -0.2) is 13.1 Å². The molecule has 2 heterocycles. The standard InChI is InChI=1S/C19H38N4O5S.HI/c1-2-20-19(21-8-5-10-26-15-17-7-12-27-16-17)22-9-13-29(24,25)23-14-18-6-3-4-11-28-18;/h17-18,23H,2-16H2,1H3,(H2,20,21,22);1H. The van der Waals surface area contributed by atoms with Crippen molar-refractivity contribution >= 4 is 40.0 Å². The molecule has 0 spiro atoms. The third-order valence-corrected chi connectivity index (χ3v) is 6.25. The van der Waals surface area contributed by atoms with Gasteiger partial charge in [-0.3, -0.25) is 4.99 Å². The van der Waals surface area contributed by atoms with E-state index in [-0.39, 0.29) is 35.8 Å². The highest BCUT2D eigenvalue weighted by molar-refractivity contribution is 14.0. The number of hydrogen-bond acceptors (Lipinski definition) is 6. The van der Waals surface area contributed by atoms with Gasteiger partial charge in [0.15, 0.2) is 5.96 Å². The summed E-state index contributed by atoms with van der Waals surface area (Å²) in [7, 11) is -3.34. The first-order valence-electron chi connectivity index (χ1n) is 10.9. The van der Waals surface area contributed by atoms with Gasteiger partial charge >= 0.3 is 0 Å². The van der Waals surface area contributed by atoms with Gasteiger partial charge in [0.05, 0.1) is 25.1 Å². The zero-order valence-corrected chi connectivity index (χ0v) is 21.2. The summed E-state index contributed by atoms with van der Waals surface area (Å²) in [6, 6.07) is 0. The van der Waals surface area contributed by atoms with E-state index in [1.54, 1.807) is 0 Å². The van der Waals surface area contributed by atoms with E-state index in [4.69, 9.17) is 14.2 Å². The average Bonchev–Trinajstić information content (AvgIpc) is 3.23. The minimum absolute atomic E-state index is 0. The second-order valence-corrected chi connectivity index (χ2v) is 9.43. The van der Waals surface area contributed by atoms with Crippen molar-refractivity contribution in [1.82, 2.24) is 15.4 Å². The van der Waals surface area contributed by atoms with Crippen LogP contribution in [0.3, 0.4) is 0 Å². The Hall–Kier alpha value is -0.210. The largest absolute Gasteiger partial charge is 0.381 e. The van der Waals surface area contributed by atoms with Gasteiger partial charge in [-0.05, 0) is 39.0 Å². The lowest BCUT2D eigenvalue weighted by Gasteiger charge is -2.22. The molecule has 2 unspecified atom stereocenters. The normalized spacial score (nSPS) is 22.5. The lowest BCUT2D eigenvalue weighted by molar-refractivity contribution is 0.0200. The number of aliphatic imine (C=N–C) groups is 1. The molecule has 2 fully saturated rings. The first-order chi connectivity index (χ1) is 14.1. The van der Waals surface area contributed by atoms with E-state index in [1.165, 1.54) is 0 Å². The van der Waals surface area contributed by atoms with Crippen LogP contribution in [0.1, 0.15) is 39.0 Å². The maximum absolute atomic E-state index is 12.2. The number of halogens is 1. The highest BCUT2D eigenvalue weighted by Gasteiger charge is 2.18. The molecule has 0 aromatic carbocycles. The number of nitrogens with one attached hydrogen (secondary N) is 3. The highest BCUT2D eigenvalue weighted by Crippen LogP contribution is 2.12. The Morgan fingerprint density at radius 2 is 2.07 bits per heavy atom. The van der Waals surface area contributed by atoms with E-state index in [1.807, 2.05) is 6.92 Å². The van der Waals surface area contributed by atoms with Crippen LogP contribution in [0, 0.1) is 5.92 Å². The molecule has 2 rings (SSSR count). The fraction of sp³-hybridized carbons (Fsp3) is 0.947. The number of guanidine groups is 1. The van der Waals surface area contributed by atoms with Crippen LogP contribution in [-0.4, -0.2) is 85.4 Å². The molecule has 2 aliphatic rings. The number of nitrogens with zero attached hydrogens (tertiary/aromatic N) is 1. The van der Waals surface area contributed by atoms with Gasteiger partial charge in [-0.2, -0.15) is 0 Å². The molecule has 0 amide bonds. The van der Waals surface area contributed by atoms with E-state index >= 15 is 0 Å². The fourth-order valence-corrected chi connectivity index (χ4v) is 4.18. The predicted octanol–water partition coefficient (Wildman–Crippen LogP) is 1.09. The van der Waals surface area contributed by atoms with Crippen LogP contribution in [0.15, 0.2) is 4.99 Å². The Morgan fingerprint density at radius 1 is 1.20 bits per heavy atom. The molecular formula is C19H39IN4O5S. The van der Waals surface area contributed by atoms with Crippen LogP contribution in [0.25, 0.3) is 0 Å². The third kappa shape index (κ3) is 12.6. The van der Waals surface area contributed by atoms with Crippen molar-refractivity contribution in [2.24, 2.45) is 10.9 Å². The molecule has 0 aliphatic carbocycles. The zero-order valence-electron chi connectivity index (χ0n) is 18.1. The van der Waals surface area contributed by atoms with E-state index < -0.39 is 10.0 Å². The summed E-state index contributed by atoms with van der Waals surface area (Å²) in [6.45, 7) is 7.75. The quantitative estimate of drug-likeness (QED) is 0.134. The van der Waals surface area contributed by atoms with Crippen molar-refractivity contribution in [3.63, 3.8) is 0 Å². The Kier molecular flexibility index (Phi) is 15.2. The van der Waals surface area contributed by atoms with Crippen molar-refractivity contribution < 1.29 is 22.6 Å². The Labute approximate surface area is 198 Å². The molecule has 30 heavy (non-hydrogen) atoms. The first-order valence-corrected chi connectivity index (χ1v) is 12.5.